The van der Waals surface area contributed by atoms with E-state index in [0.717, 1.165) is 0 Å². The molecule has 0 bridgehead atoms. The van der Waals surface area contributed by atoms with Crippen LogP contribution in [-0.4, -0.2) is 82.3 Å². The molecule has 10 heteroatoms. The van der Waals surface area contributed by atoms with Crippen molar-refractivity contribution >= 4 is 12.1 Å². The van der Waals surface area contributed by atoms with Crippen LogP contribution < -0.4 is 4.74 Å². The minimum atomic E-state index is -2.18. The third kappa shape index (κ3) is 6.20. The number of hydrogen-bond donors (Lipinski definition) is 4. The highest BCUT2D eigenvalue weighted by Gasteiger charge is 2.30. The van der Waals surface area contributed by atoms with Crippen molar-refractivity contribution in [2.45, 2.75) is 25.2 Å². The SMILES string of the molecule is CCN(C)C(=O)Oc1cccc([C@H](/C=C(/OO)[C@H](O)[C@@H](O)C(=O)O)N(C)C)c1. The molecule has 0 saturated carbocycles. The molecule has 0 saturated heterocycles. The van der Waals surface area contributed by atoms with E-state index in [2.05, 4.69) is 4.89 Å². The van der Waals surface area contributed by atoms with Crippen molar-refractivity contribution < 1.29 is 39.8 Å². The highest BCUT2D eigenvalue weighted by Crippen LogP contribution is 2.26. The second kappa shape index (κ2) is 10.6. The van der Waals surface area contributed by atoms with Crippen LogP contribution in [0.3, 0.4) is 0 Å². The van der Waals surface area contributed by atoms with E-state index in [1.54, 1.807) is 57.2 Å². The summed E-state index contributed by atoms with van der Waals surface area (Å²) in [7, 11) is 4.98. The molecule has 1 aromatic rings. The van der Waals surface area contributed by atoms with Crippen molar-refractivity contribution in [3.63, 3.8) is 0 Å². The summed E-state index contributed by atoms with van der Waals surface area (Å²) in [4.78, 5) is 29.9. The molecule has 0 heterocycles. The first-order valence-electron chi connectivity index (χ1n) is 8.43. The number of carbonyl (C=O) groups excluding carboxylic acids is 1. The number of aliphatic hydroxyl groups is 2. The topological polar surface area (TPSA) is 140 Å². The van der Waals surface area contributed by atoms with Gasteiger partial charge in [0.15, 0.2) is 18.0 Å². The van der Waals surface area contributed by atoms with Crippen LogP contribution in [0, 0.1) is 0 Å². The molecule has 0 aromatic heterocycles. The molecule has 28 heavy (non-hydrogen) atoms. The summed E-state index contributed by atoms with van der Waals surface area (Å²) in [5, 5.41) is 37.2. The molecule has 10 nitrogen and oxygen atoms in total. The Bertz CT molecular complexity index is 707. The van der Waals surface area contributed by atoms with E-state index in [0.29, 0.717) is 12.1 Å². The van der Waals surface area contributed by atoms with Gasteiger partial charge in [-0.1, -0.05) is 12.1 Å². The highest BCUT2D eigenvalue weighted by atomic mass is 17.1. The lowest BCUT2D eigenvalue weighted by atomic mass is 10.0. The van der Waals surface area contributed by atoms with Gasteiger partial charge in [0, 0.05) is 13.6 Å². The molecule has 3 atom stereocenters. The maximum absolute atomic E-state index is 11.9. The largest absolute Gasteiger partial charge is 0.479 e. The summed E-state index contributed by atoms with van der Waals surface area (Å²) in [5.74, 6) is -1.94. The van der Waals surface area contributed by atoms with Crippen LogP contribution in [-0.2, 0) is 9.68 Å². The summed E-state index contributed by atoms with van der Waals surface area (Å²) >= 11 is 0. The van der Waals surface area contributed by atoms with Gasteiger partial charge in [-0.05, 0) is 44.8 Å². The van der Waals surface area contributed by atoms with Crippen molar-refractivity contribution in [1.82, 2.24) is 9.80 Å². The Morgan fingerprint density at radius 3 is 2.32 bits per heavy atom. The summed E-state index contributed by atoms with van der Waals surface area (Å²) in [6.07, 6.45) is -3.45. The van der Waals surface area contributed by atoms with Gasteiger partial charge >= 0.3 is 12.1 Å². The molecule has 0 spiro atoms. The Kier molecular flexibility index (Phi) is 8.86. The number of carboxylic acids is 1. The van der Waals surface area contributed by atoms with Crippen molar-refractivity contribution in [2.75, 3.05) is 27.7 Å². The Hall–Kier alpha value is -2.66. The Morgan fingerprint density at radius 2 is 1.82 bits per heavy atom. The third-order valence-electron chi connectivity index (χ3n) is 4.02. The molecule has 0 aliphatic carbocycles. The number of rotatable bonds is 9. The van der Waals surface area contributed by atoms with Gasteiger partial charge in [-0.25, -0.2) is 14.8 Å². The second-order valence-electron chi connectivity index (χ2n) is 6.25. The fourth-order valence-electron chi connectivity index (χ4n) is 2.24. The van der Waals surface area contributed by atoms with Gasteiger partial charge in [-0.2, -0.15) is 0 Å². The number of carboxylic acid groups (broad SMARTS) is 1. The van der Waals surface area contributed by atoms with Gasteiger partial charge in [0.25, 0.3) is 0 Å². The molecule has 1 aromatic carbocycles. The maximum Gasteiger partial charge on any atom is 0.414 e. The van der Waals surface area contributed by atoms with Crippen LogP contribution in [0.2, 0.25) is 0 Å². The smallest absolute Gasteiger partial charge is 0.414 e. The number of benzene rings is 1. The van der Waals surface area contributed by atoms with E-state index in [1.807, 2.05) is 0 Å². The van der Waals surface area contributed by atoms with E-state index >= 15 is 0 Å². The van der Waals surface area contributed by atoms with Crippen molar-refractivity contribution in [1.29, 1.82) is 0 Å². The van der Waals surface area contributed by atoms with Gasteiger partial charge in [0.05, 0.1) is 6.04 Å². The first-order valence-corrected chi connectivity index (χ1v) is 8.43. The monoisotopic (exact) mass is 398 g/mol. The second-order valence-corrected chi connectivity index (χ2v) is 6.25. The first kappa shape index (κ1) is 23.4. The predicted molar refractivity (Wildman–Crippen MR) is 98.6 cm³/mol. The van der Waals surface area contributed by atoms with Crippen LogP contribution in [0.4, 0.5) is 4.79 Å². The van der Waals surface area contributed by atoms with E-state index in [9.17, 15) is 19.8 Å². The maximum atomic E-state index is 11.9. The first-order chi connectivity index (χ1) is 13.1. The van der Waals surface area contributed by atoms with E-state index < -0.39 is 36.1 Å². The molecule has 0 aliphatic rings. The zero-order valence-electron chi connectivity index (χ0n) is 16.1. The lowest BCUT2D eigenvalue weighted by Gasteiger charge is -2.24. The zero-order valence-corrected chi connectivity index (χ0v) is 16.1. The predicted octanol–water partition coefficient (Wildman–Crippen LogP) is 0.920. The quantitative estimate of drug-likeness (QED) is 0.271. The fraction of sp³-hybridized carbons (Fsp3) is 0.444. The summed E-state index contributed by atoms with van der Waals surface area (Å²) < 4.78 is 5.29. The molecule has 156 valence electrons. The molecule has 0 radical (unpaired) electrons. The van der Waals surface area contributed by atoms with Crippen molar-refractivity contribution in [2.24, 2.45) is 0 Å². The molecule has 1 rings (SSSR count). The summed E-state index contributed by atoms with van der Waals surface area (Å²) in [5.41, 5.74) is 0.598. The van der Waals surface area contributed by atoms with E-state index in [1.165, 1.54) is 11.0 Å². The van der Waals surface area contributed by atoms with Gasteiger partial charge in [0.1, 0.15) is 5.75 Å². The standard InChI is InChI=1S/C18H26N2O8/c1-5-20(4)18(25)27-12-8-6-7-11(9-12)13(19(2)3)10-14(28-26)15(21)16(22)17(23)24/h6-10,13,15-16,21-22,26H,5H2,1-4H3,(H,23,24)/b14-10+/t13-,15-,16+/m0/s1. The highest BCUT2D eigenvalue weighted by molar-refractivity contribution is 5.73. The lowest BCUT2D eigenvalue weighted by Crippen LogP contribution is -2.36. The molecule has 4 N–H and O–H groups in total. The fourth-order valence-corrected chi connectivity index (χ4v) is 2.24. The summed E-state index contributed by atoms with van der Waals surface area (Å²) in [6.45, 7) is 2.28. The average Bonchev–Trinajstić information content (AvgIpc) is 2.66. The van der Waals surface area contributed by atoms with E-state index in [-0.39, 0.29) is 5.75 Å². The van der Waals surface area contributed by atoms with Crippen LogP contribution in [0.1, 0.15) is 18.5 Å². The van der Waals surface area contributed by atoms with Crippen LogP contribution >= 0.6 is 0 Å². The molecular weight excluding hydrogens is 372 g/mol. The van der Waals surface area contributed by atoms with Crippen LogP contribution in [0.5, 0.6) is 5.75 Å². The number of nitrogens with zero attached hydrogens (tertiary/aromatic N) is 2. The van der Waals surface area contributed by atoms with Gasteiger partial charge in [-0.3, -0.25) is 4.90 Å². The molecule has 0 unspecified atom stereocenters. The normalized spacial score (nSPS) is 14.9. The Balaban J connectivity index is 3.19. The molecule has 0 fully saturated rings. The van der Waals surface area contributed by atoms with Crippen LogP contribution in [0.25, 0.3) is 0 Å². The number of hydrogen-bond acceptors (Lipinski definition) is 8. The third-order valence-corrected chi connectivity index (χ3v) is 4.02. The van der Waals surface area contributed by atoms with Crippen LogP contribution in [0.15, 0.2) is 36.1 Å². The molecular formula is C18H26N2O8. The minimum Gasteiger partial charge on any atom is -0.479 e. The van der Waals surface area contributed by atoms with Crippen molar-refractivity contribution in [3.8, 4) is 5.75 Å². The van der Waals surface area contributed by atoms with Gasteiger partial charge < -0.3 is 29.8 Å². The number of likely N-dealkylation sites (N-methyl/N-ethyl adjacent to an activating group) is 1. The number of aliphatic hydroxyl groups excluding tert-OH is 2. The Morgan fingerprint density at radius 1 is 1.18 bits per heavy atom. The average molecular weight is 398 g/mol. The minimum absolute atomic E-state index is 0.278. The molecule has 0 aliphatic heterocycles. The number of carbonyl (C=O) groups is 2. The van der Waals surface area contributed by atoms with Gasteiger partial charge in [-0.15, -0.1) is 0 Å². The summed E-state index contributed by atoms with van der Waals surface area (Å²) in [6, 6.07) is 5.92. The molecule has 1 amide bonds. The van der Waals surface area contributed by atoms with E-state index in [4.69, 9.17) is 15.1 Å². The number of ether oxygens (including phenoxy) is 1. The zero-order chi connectivity index (χ0) is 21.4. The Labute approximate surface area is 162 Å². The van der Waals surface area contributed by atoms with Crippen molar-refractivity contribution in [3.05, 3.63) is 41.7 Å². The number of aliphatic carboxylic acids is 1. The van der Waals surface area contributed by atoms with Gasteiger partial charge in [0.2, 0.25) is 0 Å². The lowest BCUT2D eigenvalue weighted by molar-refractivity contribution is -0.223. The number of amides is 1.